The largest absolute Gasteiger partial charge is 0.491 e. The van der Waals surface area contributed by atoms with Gasteiger partial charge in [0.05, 0.1) is 6.61 Å². The molecule has 0 aromatic heterocycles. The predicted molar refractivity (Wildman–Crippen MR) is 66.5 cm³/mol. The minimum atomic E-state index is -0.312. The van der Waals surface area contributed by atoms with Crippen LogP contribution in [0.25, 0.3) is 0 Å². The van der Waals surface area contributed by atoms with Crippen LogP contribution in [-0.2, 0) is 0 Å². The zero-order valence-electron chi connectivity index (χ0n) is 10.3. The Morgan fingerprint density at radius 3 is 2.76 bits per heavy atom. The SMILES string of the molecule is C[C@@H](N)c1ccc(OCCC2CCC2)c(F)c1. The highest BCUT2D eigenvalue weighted by molar-refractivity contribution is 5.30. The highest BCUT2D eigenvalue weighted by atomic mass is 19.1. The number of hydrogen-bond donors (Lipinski definition) is 1. The Labute approximate surface area is 102 Å². The summed E-state index contributed by atoms with van der Waals surface area (Å²) in [6, 6.07) is 4.82. The van der Waals surface area contributed by atoms with Gasteiger partial charge in [-0.2, -0.15) is 0 Å². The molecule has 0 unspecified atom stereocenters. The summed E-state index contributed by atoms with van der Waals surface area (Å²) in [7, 11) is 0. The van der Waals surface area contributed by atoms with Crippen molar-refractivity contribution >= 4 is 0 Å². The molecular formula is C14H20FNO. The lowest BCUT2D eigenvalue weighted by molar-refractivity contribution is 0.216. The molecule has 1 fully saturated rings. The number of hydrogen-bond acceptors (Lipinski definition) is 2. The Bertz CT molecular complexity index is 374. The predicted octanol–water partition coefficient (Wildman–Crippen LogP) is 3.41. The van der Waals surface area contributed by atoms with Crippen LogP contribution in [0.5, 0.6) is 5.75 Å². The van der Waals surface area contributed by atoms with Gasteiger partial charge >= 0.3 is 0 Å². The van der Waals surface area contributed by atoms with Crippen LogP contribution in [0.2, 0.25) is 0 Å². The molecule has 1 aliphatic rings. The molecule has 0 saturated heterocycles. The average molecular weight is 237 g/mol. The molecule has 1 aliphatic carbocycles. The van der Waals surface area contributed by atoms with Crippen LogP contribution in [0.15, 0.2) is 18.2 Å². The van der Waals surface area contributed by atoms with Gasteiger partial charge < -0.3 is 10.5 Å². The zero-order valence-corrected chi connectivity index (χ0v) is 10.3. The van der Waals surface area contributed by atoms with Gasteiger partial charge in [-0.25, -0.2) is 4.39 Å². The van der Waals surface area contributed by atoms with Gasteiger partial charge in [0.25, 0.3) is 0 Å². The zero-order chi connectivity index (χ0) is 12.3. The second kappa shape index (κ2) is 5.50. The first-order chi connectivity index (χ1) is 8.16. The van der Waals surface area contributed by atoms with Crippen LogP contribution in [0, 0.1) is 11.7 Å². The number of halogens is 1. The summed E-state index contributed by atoms with van der Waals surface area (Å²) in [6.07, 6.45) is 4.97. The second-order valence-electron chi connectivity index (χ2n) is 4.91. The highest BCUT2D eigenvalue weighted by Crippen LogP contribution is 2.29. The van der Waals surface area contributed by atoms with Gasteiger partial charge in [-0.05, 0) is 37.0 Å². The van der Waals surface area contributed by atoms with E-state index in [0.29, 0.717) is 12.4 Å². The summed E-state index contributed by atoms with van der Waals surface area (Å²) in [5, 5.41) is 0. The molecule has 94 valence electrons. The number of rotatable bonds is 5. The summed E-state index contributed by atoms with van der Waals surface area (Å²) in [4.78, 5) is 0. The standard InChI is InChI=1S/C14H20FNO/c1-10(16)12-5-6-14(13(15)9-12)17-8-7-11-3-2-4-11/h5-6,9-11H,2-4,7-8,16H2,1H3/t10-/m1/s1. The number of ether oxygens (including phenoxy) is 1. The van der Waals surface area contributed by atoms with Crippen molar-refractivity contribution in [3.8, 4) is 5.75 Å². The van der Waals surface area contributed by atoms with E-state index in [4.69, 9.17) is 10.5 Å². The van der Waals surface area contributed by atoms with Gasteiger partial charge in [0.15, 0.2) is 11.6 Å². The Kier molecular flexibility index (Phi) is 4.00. The molecule has 3 heteroatoms. The molecule has 1 saturated carbocycles. The van der Waals surface area contributed by atoms with Crippen molar-refractivity contribution in [3.63, 3.8) is 0 Å². The maximum absolute atomic E-state index is 13.7. The Morgan fingerprint density at radius 2 is 2.24 bits per heavy atom. The molecule has 0 spiro atoms. The number of nitrogens with two attached hydrogens (primary N) is 1. The fourth-order valence-electron chi connectivity index (χ4n) is 2.03. The Morgan fingerprint density at radius 1 is 1.47 bits per heavy atom. The molecule has 2 rings (SSSR count). The molecule has 0 heterocycles. The van der Waals surface area contributed by atoms with Gasteiger partial charge in [0.2, 0.25) is 0 Å². The number of benzene rings is 1. The molecule has 0 radical (unpaired) electrons. The second-order valence-corrected chi connectivity index (χ2v) is 4.91. The fourth-order valence-corrected chi connectivity index (χ4v) is 2.03. The van der Waals surface area contributed by atoms with Crippen molar-refractivity contribution < 1.29 is 9.13 Å². The van der Waals surface area contributed by atoms with Crippen molar-refractivity contribution in [3.05, 3.63) is 29.6 Å². The van der Waals surface area contributed by atoms with Gasteiger partial charge in [0, 0.05) is 6.04 Å². The first kappa shape index (κ1) is 12.4. The molecule has 2 N–H and O–H groups in total. The monoisotopic (exact) mass is 237 g/mol. The summed E-state index contributed by atoms with van der Waals surface area (Å²) in [6.45, 7) is 2.45. The molecule has 1 aromatic carbocycles. The quantitative estimate of drug-likeness (QED) is 0.851. The van der Waals surface area contributed by atoms with Gasteiger partial charge in [-0.3, -0.25) is 0 Å². The first-order valence-corrected chi connectivity index (χ1v) is 6.34. The molecule has 0 aliphatic heterocycles. The van der Waals surface area contributed by atoms with Crippen LogP contribution < -0.4 is 10.5 Å². The third-order valence-corrected chi connectivity index (χ3v) is 3.49. The van der Waals surface area contributed by atoms with Crippen molar-refractivity contribution in [2.24, 2.45) is 11.7 Å². The van der Waals surface area contributed by atoms with Gasteiger partial charge in [-0.1, -0.05) is 25.3 Å². The van der Waals surface area contributed by atoms with E-state index in [1.807, 2.05) is 13.0 Å². The molecule has 2 nitrogen and oxygen atoms in total. The van der Waals surface area contributed by atoms with Crippen LogP contribution >= 0.6 is 0 Å². The van der Waals surface area contributed by atoms with E-state index in [1.165, 1.54) is 25.3 Å². The molecule has 1 aromatic rings. The minimum Gasteiger partial charge on any atom is -0.491 e. The molecular weight excluding hydrogens is 217 g/mol. The Balaban J connectivity index is 1.87. The lowest BCUT2D eigenvalue weighted by Crippen LogP contribution is -2.14. The lowest BCUT2D eigenvalue weighted by Gasteiger charge is -2.25. The van der Waals surface area contributed by atoms with E-state index in [2.05, 4.69) is 0 Å². The van der Waals surface area contributed by atoms with E-state index >= 15 is 0 Å². The van der Waals surface area contributed by atoms with Crippen LogP contribution in [-0.4, -0.2) is 6.61 Å². The summed E-state index contributed by atoms with van der Waals surface area (Å²) in [5.74, 6) is 0.823. The lowest BCUT2D eigenvalue weighted by atomic mass is 9.83. The van der Waals surface area contributed by atoms with E-state index in [-0.39, 0.29) is 11.9 Å². The molecule has 0 amide bonds. The van der Waals surface area contributed by atoms with Gasteiger partial charge in [-0.15, -0.1) is 0 Å². The van der Waals surface area contributed by atoms with Crippen molar-refractivity contribution in [1.82, 2.24) is 0 Å². The van der Waals surface area contributed by atoms with Crippen LogP contribution in [0.4, 0.5) is 4.39 Å². The maximum atomic E-state index is 13.7. The van der Waals surface area contributed by atoms with E-state index in [1.54, 1.807) is 6.07 Å². The summed E-state index contributed by atoms with van der Waals surface area (Å²) >= 11 is 0. The molecule has 0 bridgehead atoms. The van der Waals surface area contributed by atoms with Crippen molar-refractivity contribution in [2.75, 3.05) is 6.61 Å². The third-order valence-electron chi connectivity index (χ3n) is 3.49. The maximum Gasteiger partial charge on any atom is 0.165 e. The normalized spacial score (nSPS) is 17.6. The Hall–Kier alpha value is -1.09. The first-order valence-electron chi connectivity index (χ1n) is 6.34. The van der Waals surface area contributed by atoms with Gasteiger partial charge in [0.1, 0.15) is 0 Å². The van der Waals surface area contributed by atoms with E-state index < -0.39 is 0 Å². The van der Waals surface area contributed by atoms with Crippen LogP contribution in [0.1, 0.15) is 44.2 Å². The minimum absolute atomic E-state index is 0.145. The van der Waals surface area contributed by atoms with Crippen molar-refractivity contribution in [2.45, 2.75) is 38.6 Å². The topological polar surface area (TPSA) is 35.2 Å². The van der Waals surface area contributed by atoms with Crippen LogP contribution in [0.3, 0.4) is 0 Å². The molecule has 1 atom stereocenters. The fraction of sp³-hybridized carbons (Fsp3) is 0.571. The summed E-state index contributed by atoms with van der Waals surface area (Å²) in [5.41, 5.74) is 6.49. The van der Waals surface area contributed by atoms with Crippen molar-refractivity contribution in [1.29, 1.82) is 0 Å². The molecule has 17 heavy (non-hydrogen) atoms. The third kappa shape index (κ3) is 3.19. The van der Waals surface area contributed by atoms with E-state index in [9.17, 15) is 4.39 Å². The van der Waals surface area contributed by atoms with E-state index in [0.717, 1.165) is 17.9 Å². The average Bonchev–Trinajstić information content (AvgIpc) is 2.23. The smallest absolute Gasteiger partial charge is 0.165 e. The highest BCUT2D eigenvalue weighted by Gasteiger charge is 2.17. The summed E-state index contributed by atoms with van der Waals surface area (Å²) < 4.78 is 19.1.